The van der Waals surface area contributed by atoms with E-state index in [0.717, 1.165) is 24.2 Å². The van der Waals surface area contributed by atoms with Gasteiger partial charge in [0.05, 0.1) is 0 Å². The zero-order chi connectivity index (χ0) is 20.8. The third-order valence-electron chi connectivity index (χ3n) is 5.79. The molecule has 0 saturated carbocycles. The number of carbonyl (C=O) groups is 1. The van der Waals surface area contributed by atoms with Gasteiger partial charge in [-0.15, -0.1) is 0 Å². The lowest BCUT2D eigenvalue weighted by atomic mass is 9.88. The molecular weight excluding hydrogens is 362 g/mol. The van der Waals surface area contributed by atoms with E-state index in [0.29, 0.717) is 12.3 Å². The van der Waals surface area contributed by atoms with Crippen molar-refractivity contribution in [1.82, 2.24) is 4.90 Å². The van der Waals surface area contributed by atoms with Crippen LogP contribution in [0.25, 0.3) is 0 Å². The molecule has 4 nitrogen and oxygen atoms in total. The lowest BCUT2D eigenvalue weighted by Gasteiger charge is -2.29. The molecule has 29 heavy (non-hydrogen) atoms. The van der Waals surface area contributed by atoms with Crippen molar-refractivity contribution in [2.24, 2.45) is 5.92 Å². The maximum atomic E-state index is 11.8. The standard InChI is InChI=1S/C25H33NO3/c1-18(2)17-23(25(27)28)29-24(21-7-5-4-6-8-21)22-11-9-19(10-12-22)20-13-15-26(3)16-14-20/h4-12,18,20,23-24H,13-17H2,1-3H3,(H,27,28)/t23-,24?/m0/s1. The minimum absolute atomic E-state index is 0.249. The monoisotopic (exact) mass is 395 g/mol. The molecule has 0 amide bonds. The zero-order valence-corrected chi connectivity index (χ0v) is 17.8. The van der Waals surface area contributed by atoms with Crippen LogP contribution in [0, 0.1) is 5.92 Å². The van der Waals surface area contributed by atoms with Crippen molar-refractivity contribution in [3.8, 4) is 0 Å². The highest BCUT2D eigenvalue weighted by molar-refractivity contribution is 5.72. The predicted octanol–water partition coefficient (Wildman–Crippen LogP) is 5.10. The fourth-order valence-corrected chi connectivity index (χ4v) is 4.07. The van der Waals surface area contributed by atoms with Crippen molar-refractivity contribution in [3.05, 3.63) is 71.3 Å². The molecule has 2 atom stereocenters. The van der Waals surface area contributed by atoms with Crippen LogP contribution in [0.5, 0.6) is 0 Å². The minimum Gasteiger partial charge on any atom is -0.479 e. The molecule has 1 saturated heterocycles. The first-order chi connectivity index (χ1) is 13.9. The second-order valence-electron chi connectivity index (χ2n) is 8.63. The molecule has 1 unspecified atom stereocenters. The summed E-state index contributed by atoms with van der Waals surface area (Å²) in [5.41, 5.74) is 3.35. The van der Waals surface area contributed by atoms with Crippen molar-refractivity contribution in [3.63, 3.8) is 0 Å². The number of ether oxygens (including phenoxy) is 1. The highest BCUT2D eigenvalue weighted by Gasteiger charge is 2.26. The smallest absolute Gasteiger partial charge is 0.332 e. The van der Waals surface area contributed by atoms with E-state index in [2.05, 4.69) is 36.2 Å². The van der Waals surface area contributed by atoms with Gasteiger partial charge in [-0.05, 0) is 67.9 Å². The van der Waals surface area contributed by atoms with Gasteiger partial charge in [0.2, 0.25) is 0 Å². The molecule has 0 spiro atoms. The number of likely N-dealkylation sites (tertiary alicyclic amines) is 1. The van der Waals surface area contributed by atoms with Crippen molar-refractivity contribution in [2.45, 2.75) is 51.2 Å². The first-order valence-corrected chi connectivity index (χ1v) is 10.7. The van der Waals surface area contributed by atoms with Gasteiger partial charge in [-0.2, -0.15) is 0 Å². The van der Waals surface area contributed by atoms with Crippen LogP contribution in [0.2, 0.25) is 0 Å². The van der Waals surface area contributed by atoms with Gasteiger partial charge in [0.1, 0.15) is 6.10 Å². The molecule has 1 heterocycles. The van der Waals surface area contributed by atoms with Crippen LogP contribution in [-0.4, -0.2) is 42.2 Å². The molecule has 1 fully saturated rings. The van der Waals surface area contributed by atoms with Gasteiger partial charge in [-0.3, -0.25) is 0 Å². The van der Waals surface area contributed by atoms with Gasteiger partial charge in [-0.1, -0.05) is 68.4 Å². The number of carboxylic acids is 1. The summed E-state index contributed by atoms with van der Waals surface area (Å²) in [4.78, 5) is 14.2. The van der Waals surface area contributed by atoms with Crippen LogP contribution >= 0.6 is 0 Å². The van der Waals surface area contributed by atoms with E-state index in [1.165, 1.54) is 18.4 Å². The molecular formula is C25H33NO3. The second-order valence-corrected chi connectivity index (χ2v) is 8.63. The molecule has 0 bridgehead atoms. The number of nitrogens with zero attached hydrogens (tertiary/aromatic N) is 1. The van der Waals surface area contributed by atoms with Crippen molar-refractivity contribution in [1.29, 1.82) is 0 Å². The van der Waals surface area contributed by atoms with E-state index in [1.54, 1.807) is 0 Å². The summed E-state index contributed by atoms with van der Waals surface area (Å²) in [6.07, 6.45) is 1.65. The molecule has 2 aromatic carbocycles. The minimum atomic E-state index is -0.900. The first kappa shape index (κ1) is 21.5. The van der Waals surface area contributed by atoms with Crippen molar-refractivity contribution < 1.29 is 14.6 Å². The molecule has 1 N–H and O–H groups in total. The average molecular weight is 396 g/mol. The fraction of sp³-hybridized carbons (Fsp3) is 0.480. The van der Waals surface area contributed by atoms with Crippen molar-refractivity contribution in [2.75, 3.05) is 20.1 Å². The molecule has 2 aromatic rings. The van der Waals surface area contributed by atoms with Gasteiger partial charge < -0.3 is 14.7 Å². The number of piperidine rings is 1. The Morgan fingerprint density at radius 2 is 1.62 bits per heavy atom. The lowest BCUT2D eigenvalue weighted by Crippen LogP contribution is -2.29. The quantitative estimate of drug-likeness (QED) is 0.675. The highest BCUT2D eigenvalue weighted by atomic mass is 16.5. The Morgan fingerprint density at radius 1 is 1.03 bits per heavy atom. The summed E-state index contributed by atoms with van der Waals surface area (Å²) >= 11 is 0. The molecule has 1 aliphatic heterocycles. The molecule has 0 aliphatic carbocycles. The number of rotatable bonds is 8. The lowest BCUT2D eigenvalue weighted by molar-refractivity contribution is -0.154. The van der Waals surface area contributed by atoms with E-state index in [-0.39, 0.29) is 12.0 Å². The predicted molar refractivity (Wildman–Crippen MR) is 116 cm³/mol. The number of hydrogen-bond donors (Lipinski definition) is 1. The second kappa shape index (κ2) is 10.0. The molecule has 1 aliphatic rings. The van der Waals surface area contributed by atoms with E-state index in [4.69, 9.17) is 4.74 Å². The Balaban J connectivity index is 1.83. The summed E-state index contributed by atoms with van der Waals surface area (Å²) in [6.45, 7) is 6.32. The summed E-state index contributed by atoms with van der Waals surface area (Å²) in [6, 6.07) is 18.5. The molecule has 0 radical (unpaired) electrons. The summed E-state index contributed by atoms with van der Waals surface area (Å²) in [5.74, 6) is -0.0500. The van der Waals surface area contributed by atoms with E-state index in [9.17, 15) is 9.90 Å². The zero-order valence-electron chi connectivity index (χ0n) is 17.8. The third kappa shape index (κ3) is 5.91. The van der Waals surface area contributed by atoms with E-state index in [1.807, 2.05) is 44.2 Å². The van der Waals surface area contributed by atoms with Crippen LogP contribution in [0.4, 0.5) is 0 Å². The normalized spacial score (nSPS) is 17.9. The SMILES string of the molecule is CC(C)C[C@H](OC(c1ccccc1)c1ccc(C2CCN(C)CC2)cc1)C(=O)O. The average Bonchev–Trinajstić information content (AvgIpc) is 2.72. The maximum absolute atomic E-state index is 11.8. The molecule has 0 aromatic heterocycles. The Labute approximate surface area is 174 Å². The summed E-state index contributed by atoms with van der Waals surface area (Å²) in [5, 5.41) is 9.67. The molecule has 4 heteroatoms. The van der Waals surface area contributed by atoms with Gasteiger partial charge in [-0.25, -0.2) is 4.79 Å². The maximum Gasteiger partial charge on any atom is 0.332 e. The number of hydrogen-bond acceptors (Lipinski definition) is 3. The number of benzene rings is 2. The Bertz CT molecular complexity index is 764. The Hall–Kier alpha value is -2.17. The van der Waals surface area contributed by atoms with Gasteiger partial charge in [0.25, 0.3) is 0 Å². The number of aliphatic carboxylic acids is 1. The largest absolute Gasteiger partial charge is 0.479 e. The van der Waals surface area contributed by atoms with Gasteiger partial charge in [0, 0.05) is 0 Å². The van der Waals surface area contributed by atoms with E-state index >= 15 is 0 Å². The molecule has 3 rings (SSSR count). The molecule has 156 valence electrons. The van der Waals surface area contributed by atoms with Crippen molar-refractivity contribution >= 4 is 5.97 Å². The summed E-state index contributed by atoms with van der Waals surface area (Å²) < 4.78 is 6.19. The van der Waals surface area contributed by atoms with E-state index < -0.39 is 12.1 Å². The number of carboxylic acid groups (broad SMARTS) is 1. The summed E-state index contributed by atoms with van der Waals surface area (Å²) in [7, 11) is 2.18. The highest BCUT2D eigenvalue weighted by Crippen LogP contribution is 2.32. The topological polar surface area (TPSA) is 49.8 Å². The van der Waals surface area contributed by atoms with Crippen LogP contribution in [-0.2, 0) is 9.53 Å². The third-order valence-corrected chi connectivity index (χ3v) is 5.79. The van der Waals surface area contributed by atoms with Crippen LogP contribution < -0.4 is 0 Å². The van der Waals surface area contributed by atoms with Crippen LogP contribution in [0.1, 0.15) is 61.8 Å². The van der Waals surface area contributed by atoms with Crippen LogP contribution in [0.3, 0.4) is 0 Å². The fourth-order valence-electron chi connectivity index (χ4n) is 4.07. The van der Waals surface area contributed by atoms with Crippen LogP contribution in [0.15, 0.2) is 54.6 Å². The first-order valence-electron chi connectivity index (χ1n) is 10.7. The van der Waals surface area contributed by atoms with Gasteiger partial charge in [0.15, 0.2) is 6.10 Å². The van der Waals surface area contributed by atoms with Gasteiger partial charge >= 0.3 is 5.97 Å². The Kier molecular flexibility index (Phi) is 7.45. The Morgan fingerprint density at radius 3 is 2.17 bits per heavy atom.